The van der Waals surface area contributed by atoms with Gasteiger partial charge in [-0.3, -0.25) is 4.79 Å². The van der Waals surface area contributed by atoms with Crippen molar-refractivity contribution in [3.05, 3.63) is 48.6 Å². The van der Waals surface area contributed by atoms with Crippen LogP contribution in [0, 0.1) is 7.14 Å². The molecule has 2 N–H and O–H groups in total. The molecule has 2 aromatic carbocycles. The molecule has 0 radical (unpaired) electrons. The first-order chi connectivity index (χ1) is 10.8. The van der Waals surface area contributed by atoms with Gasteiger partial charge >= 0.3 is 5.97 Å². The summed E-state index contributed by atoms with van der Waals surface area (Å²) in [6.07, 6.45) is -0.0109. The fraction of sp³-hybridized carbons (Fsp3) is 0.235. The molecule has 0 atom stereocenters. The molecule has 0 fully saturated rings. The Kier molecular flexibility index (Phi) is 6.12. The number of carboxylic acids is 1. The normalized spacial score (nSPS) is 10.8. The topological polar surface area (TPSA) is 66.8 Å². The van der Waals surface area contributed by atoms with E-state index in [0.29, 0.717) is 11.5 Å². The third kappa shape index (κ3) is 4.72. The molecule has 122 valence electrons. The van der Waals surface area contributed by atoms with E-state index in [9.17, 15) is 9.90 Å². The van der Waals surface area contributed by atoms with E-state index in [0.717, 1.165) is 18.3 Å². The lowest BCUT2D eigenvalue weighted by Gasteiger charge is -2.14. The number of halogens is 2. The van der Waals surface area contributed by atoms with Crippen LogP contribution in [0.2, 0.25) is 0 Å². The van der Waals surface area contributed by atoms with Gasteiger partial charge in [-0.1, -0.05) is 13.8 Å². The van der Waals surface area contributed by atoms with Crippen molar-refractivity contribution in [2.75, 3.05) is 0 Å². The maximum atomic E-state index is 10.8. The van der Waals surface area contributed by atoms with Crippen LogP contribution < -0.4 is 4.74 Å². The summed E-state index contributed by atoms with van der Waals surface area (Å²) in [7, 11) is 0. The first-order valence-electron chi connectivity index (χ1n) is 6.98. The number of carbonyl (C=O) groups is 1. The number of hydrogen-bond donors (Lipinski definition) is 2. The molecule has 0 saturated heterocycles. The van der Waals surface area contributed by atoms with Crippen molar-refractivity contribution in [2.24, 2.45) is 0 Å². The van der Waals surface area contributed by atoms with Gasteiger partial charge in [0.25, 0.3) is 0 Å². The van der Waals surface area contributed by atoms with E-state index in [1.165, 1.54) is 0 Å². The Labute approximate surface area is 162 Å². The zero-order valence-corrected chi connectivity index (χ0v) is 17.0. The van der Waals surface area contributed by atoms with Gasteiger partial charge in [0.1, 0.15) is 11.5 Å². The smallest absolute Gasteiger partial charge is 0.307 e. The summed E-state index contributed by atoms with van der Waals surface area (Å²) in [5.41, 5.74) is 1.57. The Bertz CT molecular complexity index is 718. The van der Waals surface area contributed by atoms with Gasteiger partial charge < -0.3 is 14.9 Å². The average Bonchev–Trinajstić information content (AvgIpc) is 2.43. The van der Waals surface area contributed by atoms with Crippen LogP contribution >= 0.6 is 45.2 Å². The predicted octanol–water partition coefficient (Wildman–Crippen LogP) is 5.14. The number of rotatable bonds is 5. The lowest BCUT2D eigenvalue weighted by atomic mass is 10.0. The quantitative estimate of drug-likeness (QED) is 0.518. The molecule has 0 aliphatic heterocycles. The number of ether oxygens (including phenoxy) is 1. The standard InChI is InChI=1S/C17H16I2O4/c1-9(2)12-8-11(3-4-15(12)20)23-17-13(18)5-10(6-14(17)19)7-16(21)22/h3-6,8-9,20H,7H2,1-2H3,(H,21,22). The largest absolute Gasteiger partial charge is 0.508 e. The molecule has 2 aromatic rings. The highest BCUT2D eigenvalue weighted by atomic mass is 127. The van der Waals surface area contributed by atoms with Crippen molar-refractivity contribution in [3.8, 4) is 17.2 Å². The first kappa shape index (κ1) is 18.3. The maximum absolute atomic E-state index is 10.8. The van der Waals surface area contributed by atoms with Crippen molar-refractivity contribution < 1.29 is 19.7 Å². The zero-order chi connectivity index (χ0) is 17.1. The third-order valence-corrected chi connectivity index (χ3v) is 4.86. The SMILES string of the molecule is CC(C)c1cc(Oc2c(I)cc(CC(=O)O)cc2I)ccc1O. The van der Waals surface area contributed by atoms with Crippen LogP contribution in [0.3, 0.4) is 0 Å². The van der Waals surface area contributed by atoms with Crippen molar-refractivity contribution in [3.63, 3.8) is 0 Å². The number of aromatic hydroxyl groups is 1. The van der Waals surface area contributed by atoms with Gasteiger partial charge in [-0.05, 0) is 87.0 Å². The Balaban J connectivity index is 2.33. The molecule has 2 rings (SSSR count). The molecule has 0 spiro atoms. The van der Waals surface area contributed by atoms with Crippen molar-refractivity contribution >= 4 is 51.2 Å². The van der Waals surface area contributed by atoms with E-state index in [1.54, 1.807) is 12.1 Å². The summed E-state index contributed by atoms with van der Waals surface area (Å²) in [4.78, 5) is 10.8. The van der Waals surface area contributed by atoms with Gasteiger partial charge in [0.15, 0.2) is 5.75 Å². The predicted molar refractivity (Wildman–Crippen MR) is 105 cm³/mol. The van der Waals surface area contributed by atoms with Gasteiger partial charge in [-0.2, -0.15) is 0 Å². The molecule has 23 heavy (non-hydrogen) atoms. The van der Waals surface area contributed by atoms with E-state index < -0.39 is 5.97 Å². The first-order valence-corrected chi connectivity index (χ1v) is 9.14. The van der Waals surface area contributed by atoms with E-state index in [4.69, 9.17) is 9.84 Å². The van der Waals surface area contributed by atoms with E-state index in [1.807, 2.05) is 32.0 Å². The number of benzene rings is 2. The second-order valence-corrected chi connectivity index (χ2v) is 7.76. The molecule has 0 aromatic heterocycles. The van der Waals surface area contributed by atoms with Crippen LogP contribution in [0.4, 0.5) is 0 Å². The Hall–Kier alpha value is -1.03. The molecule has 0 saturated carbocycles. The van der Waals surface area contributed by atoms with Crippen molar-refractivity contribution in [2.45, 2.75) is 26.2 Å². The molecular weight excluding hydrogens is 522 g/mol. The molecular formula is C17H16I2O4. The Morgan fingerprint density at radius 1 is 1.17 bits per heavy atom. The molecule has 4 nitrogen and oxygen atoms in total. The maximum Gasteiger partial charge on any atom is 0.307 e. The van der Waals surface area contributed by atoms with Crippen molar-refractivity contribution in [1.29, 1.82) is 0 Å². The molecule has 0 aliphatic carbocycles. The summed E-state index contributed by atoms with van der Waals surface area (Å²) in [6, 6.07) is 8.81. The van der Waals surface area contributed by atoms with Crippen LogP contribution in [0.5, 0.6) is 17.2 Å². The lowest BCUT2D eigenvalue weighted by molar-refractivity contribution is -0.136. The molecule has 6 heteroatoms. The monoisotopic (exact) mass is 538 g/mol. The fourth-order valence-electron chi connectivity index (χ4n) is 2.16. The van der Waals surface area contributed by atoms with E-state index in [-0.39, 0.29) is 18.1 Å². The van der Waals surface area contributed by atoms with Crippen molar-refractivity contribution in [1.82, 2.24) is 0 Å². The minimum atomic E-state index is -0.856. The Morgan fingerprint density at radius 2 is 1.78 bits per heavy atom. The molecule has 0 heterocycles. The molecule has 0 aliphatic rings. The number of phenols is 1. The summed E-state index contributed by atoms with van der Waals surface area (Å²) >= 11 is 4.28. The minimum Gasteiger partial charge on any atom is -0.508 e. The van der Waals surface area contributed by atoms with Gasteiger partial charge in [-0.25, -0.2) is 0 Å². The van der Waals surface area contributed by atoms with E-state index in [2.05, 4.69) is 45.2 Å². The van der Waals surface area contributed by atoms with Gasteiger partial charge in [-0.15, -0.1) is 0 Å². The number of hydrogen-bond acceptors (Lipinski definition) is 3. The number of carboxylic acid groups (broad SMARTS) is 1. The highest BCUT2D eigenvalue weighted by Crippen LogP contribution is 2.36. The van der Waals surface area contributed by atoms with Gasteiger partial charge in [0, 0.05) is 5.56 Å². The lowest BCUT2D eigenvalue weighted by Crippen LogP contribution is -2.02. The number of aliphatic carboxylic acids is 1. The summed E-state index contributed by atoms with van der Waals surface area (Å²) in [6.45, 7) is 4.01. The molecule has 0 amide bonds. The summed E-state index contributed by atoms with van der Waals surface area (Å²) in [5, 5.41) is 18.8. The highest BCUT2D eigenvalue weighted by molar-refractivity contribution is 14.1. The Morgan fingerprint density at radius 3 is 2.30 bits per heavy atom. The van der Waals surface area contributed by atoms with Crippen LogP contribution in [0.25, 0.3) is 0 Å². The zero-order valence-electron chi connectivity index (χ0n) is 12.6. The van der Waals surface area contributed by atoms with Crippen LogP contribution in [0.15, 0.2) is 30.3 Å². The fourth-order valence-corrected chi connectivity index (χ4v) is 4.28. The van der Waals surface area contributed by atoms with Crippen LogP contribution in [-0.2, 0) is 11.2 Å². The van der Waals surface area contributed by atoms with Crippen LogP contribution in [0.1, 0.15) is 30.9 Å². The molecule has 0 unspecified atom stereocenters. The van der Waals surface area contributed by atoms with Crippen LogP contribution in [-0.4, -0.2) is 16.2 Å². The summed E-state index contributed by atoms with van der Waals surface area (Å²) < 4.78 is 7.68. The second-order valence-electron chi connectivity index (χ2n) is 5.44. The molecule has 0 bridgehead atoms. The highest BCUT2D eigenvalue weighted by Gasteiger charge is 2.13. The van der Waals surface area contributed by atoms with Gasteiger partial charge in [0.2, 0.25) is 0 Å². The van der Waals surface area contributed by atoms with Gasteiger partial charge in [0.05, 0.1) is 13.6 Å². The average molecular weight is 538 g/mol. The second kappa shape index (κ2) is 7.69. The number of phenolic OH excluding ortho intramolecular Hbond substituents is 1. The summed E-state index contributed by atoms with van der Waals surface area (Å²) in [5.74, 6) is 0.933. The van der Waals surface area contributed by atoms with E-state index >= 15 is 0 Å². The third-order valence-electron chi connectivity index (χ3n) is 3.25. The minimum absolute atomic E-state index is 0.0109.